The predicted octanol–water partition coefficient (Wildman–Crippen LogP) is 4.69. The molecule has 0 bridgehead atoms. The van der Waals surface area contributed by atoms with Crippen LogP contribution in [0, 0.1) is 11.8 Å². The molecule has 0 saturated carbocycles. The van der Waals surface area contributed by atoms with Gasteiger partial charge in [0.15, 0.2) is 0 Å². The van der Waals surface area contributed by atoms with E-state index < -0.39 is 6.36 Å². The predicted molar refractivity (Wildman–Crippen MR) is 75.6 cm³/mol. The van der Waals surface area contributed by atoms with Crippen molar-refractivity contribution in [3.63, 3.8) is 0 Å². The molecule has 0 unspecified atom stereocenters. The zero-order valence-electron chi connectivity index (χ0n) is 9.59. The van der Waals surface area contributed by atoms with Gasteiger partial charge >= 0.3 is 6.36 Å². The van der Waals surface area contributed by atoms with E-state index in [1.807, 2.05) is 12.2 Å². The van der Waals surface area contributed by atoms with Crippen LogP contribution < -0.4 is 4.74 Å². The van der Waals surface area contributed by atoms with Gasteiger partial charge in [-0.2, -0.15) is 0 Å². The van der Waals surface area contributed by atoms with Gasteiger partial charge in [-0.1, -0.05) is 30.0 Å². The van der Waals surface area contributed by atoms with Crippen molar-refractivity contribution in [3.8, 4) is 17.6 Å². The van der Waals surface area contributed by atoms with Gasteiger partial charge in [-0.05, 0) is 51.9 Å². The highest BCUT2D eigenvalue weighted by atomic mass is 127. The lowest BCUT2D eigenvalue weighted by atomic mass is 10.0. The van der Waals surface area contributed by atoms with Crippen LogP contribution in [0.15, 0.2) is 40.0 Å². The number of benzene rings is 1. The van der Waals surface area contributed by atoms with Crippen LogP contribution in [0.2, 0.25) is 0 Å². The second kappa shape index (κ2) is 5.70. The summed E-state index contributed by atoms with van der Waals surface area (Å²) in [6.45, 7) is 0. The molecule has 1 aromatic carbocycles. The first kappa shape index (κ1) is 14.0. The minimum absolute atomic E-state index is 0.223. The molecule has 0 amide bonds. The summed E-state index contributed by atoms with van der Waals surface area (Å²) in [5, 5.41) is 0. The summed E-state index contributed by atoms with van der Waals surface area (Å²) in [4.78, 5) is 0. The molecule has 0 heterocycles. The molecule has 98 valence electrons. The minimum Gasteiger partial charge on any atom is -0.406 e. The minimum atomic E-state index is -4.68. The molecule has 0 aliphatic heterocycles. The Labute approximate surface area is 122 Å². The Morgan fingerprint density at radius 1 is 1.26 bits per heavy atom. The third kappa shape index (κ3) is 4.31. The molecular weight excluding hydrogens is 368 g/mol. The number of hydrogen-bond donors (Lipinski definition) is 0. The lowest BCUT2D eigenvalue weighted by Crippen LogP contribution is -2.17. The summed E-state index contributed by atoms with van der Waals surface area (Å²) in [6.07, 6.45) is -0.384. The van der Waals surface area contributed by atoms with Gasteiger partial charge in [0.1, 0.15) is 5.75 Å². The highest BCUT2D eigenvalue weighted by molar-refractivity contribution is 14.1. The molecule has 5 heteroatoms. The van der Waals surface area contributed by atoms with Gasteiger partial charge in [-0.15, -0.1) is 13.2 Å². The van der Waals surface area contributed by atoms with Crippen LogP contribution in [0.3, 0.4) is 0 Å². The topological polar surface area (TPSA) is 9.23 Å². The molecule has 1 aromatic rings. The van der Waals surface area contributed by atoms with Gasteiger partial charge in [0.05, 0.1) is 3.58 Å². The molecule has 0 spiro atoms. The smallest absolute Gasteiger partial charge is 0.406 e. The van der Waals surface area contributed by atoms with E-state index in [0.29, 0.717) is 12.0 Å². The molecule has 2 rings (SSSR count). The van der Waals surface area contributed by atoms with Crippen LogP contribution >= 0.6 is 22.6 Å². The van der Waals surface area contributed by atoms with Gasteiger partial charge in [0.25, 0.3) is 0 Å². The fraction of sp³-hybridized carbons (Fsp3) is 0.143. The van der Waals surface area contributed by atoms with E-state index >= 15 is 0 Å². The quantitative estimate of drug-likeness (QED) is 0.538. The second-order valence-corrected chi connectivity index (χ2v) is 4.90. The SMILES string of the molecule is FC(F)(F)Oc1cccc(C2=CCC#CC(I)=C2)c1. The van der Waals surface area contributed by atoms with Gasteiger partial charge < -0.3 is 4.74 Å². The molecule has 19 heavy (non-hydrogen) atoms. The molecule has 1 aliphatic rings. The molecule has 0 atom stereocenters. The van der Waals surface area contributed by atoms with E-state index in [-0.39, 0.29) is 5.75 Å². The van der Waals surface area contributed by atoms with E-state index in [1.165, 1.54) is 18.2 Å². The van der Waals surface area contributed by atoms with E-state index in [1.54, 1.807) is 6.07 Å². The monoisotopic (exact) mass is 376 g/mol. The molecule has 1 nitrogen and oxygen atoms in total. The Bertz CT molecular complexity index is 603. The first-order chi connectivity index (χ1) is 8.94. The fourth-order valence-electron chi connectivity index (χ4n) is 1.60. The van der Waals surface area contributed by atoms with Gasteiger partial charge in [0, 0.05) is 6.42 Å². The first-order valence-electron chi connectivity index (χ1n) is 5.36. The standard InChI is InChI=1S/C14H8F3IO/c15-14(16,17)19-13-7-3-5-11(9-13)10-4-1-2-6-12(18)8-10/h3-5,7-9H,1H2. The van der Waals surface area contributed by atoms with Crippen LogP contribution in [-0.4, -0.2) is 6.36 Å². The lowest BCUT2D eigenvalue weighted by molar-refractivity contribution is -0.274. The molecule has 0 N–H and O–H groups in total. The Morgan fingerprint density at radius 2 is 2.05 bits per heavy atom. The van der Waals surface area contributed by atoms with Crippen LogP contribution in [0.5, 0.6) is 5.75 Å². The number of halogens is 4. The van der Waals surface area contributed by atoms with E-state index in [4.69, 9.17) is 0 Å². The summed E-state index contributed by atoms with van der Waals surface area (Å²) in [5.41, 5.74) is 1.50. The normalized spacial score (nSPS) is 14.7. The van der Waals surface area contributed by atoms with Crippen molar-refractivity contribution in [3.05, 3.63) is 45.6 Å². The number of allylic oxidation sites excluding steroid dienone is 4. The Kier molecular flexibility index (Phi) is 4.20. The molecule has 0 aromatic heterocycles. The summed E-state index contributed by atoms with van der Waals surface area (Å²) >= 11 is 2.09. The van der Waals surface area contributed by atoms with Crippen LogP contribution in [-0.2, 0) is 0 Å². The summed E-state index contributed by atoms with van der Waals surface area (Å²) in [6, 6.07) is 5.91. The Balaban J connectivity index is 2.29. The van der Waals surface area contributed by atoms with Crippen molar-refractivity contribution in [1.82, 2.24) is 0 Å². The lowest BCUT2D eigenvalue weighted by Gasteiger charge is -2.10. The summed E-state index contributed by atoms with van der Waals surface area (Å²) in [7, 11) is 0. The summed E-state index contributed by atoms with van der Waals surface area (Å²) < 4.78 is 41.3. The van der Waals surface area contributed by atoms with Crippen molar-refractivity contribution < 1.29 is 17.9 Å². The van der Waals surface area contributed by atoms with Crippen molar-refractivity contribution in [2.24, 2.45) is 0 Å². The first-order valence-corrected chi connectivity index (χ1v) is 6.44. The van der Waals surface area contributed by atoms with Crippen molar-refractivity contribution >= 4 is 28.2 Å². The number of alkyl halides is 3. The third-order valence-corrected chi connectivity index (χ3v) is 2.90. The molecule has 0 radical (unpaired) electrons. The highest BCUT2D eigenvalue weighted by Crippen LogP contribution is 2.28. The van der Waals surface area contributed by atoms with Crippen LogP contribution in [0.1, 0.15) is 12.0 Å². The maximum atomic E-state index is 12.2. The van der Waals surface area contributed by atoms with Gasteiger partial charge in [-0.3, -0.25) is 0 Å². The van der Waals surface area contributed by atoms with Crippen molar-refractivity contribution in [1.29, 1.82) is 0 Å². The number of hydrogen-bond acceptors (Lipinski definition) is 1. The molecule has 0 saturated heterocycles. The van der Waals surface area contributed by atoms with Crippen LogP contribution in [0.4, 0.5) is 13.2 Å². The highest BCUT2D eigenvalue weighted by Gasteiger charge is 2.31. The van der Waals surface area contributed by atoms with Gasteiger partial charge in [0.2, 0.25) is 0 Å². The van der Waals surface area contributed by atoms with E-state index in [9.17, 15) is 13.2 Å². The van der Waals surface area contributed by atoms with E-state index in [2.05, 4.69) is 39.2 Å². The molecule has 0 fully saturated rings. The van der Waals surface area contributed by atoms with Crippen LogP contribution in [0.25, 0.3) is 5.57 Å². The zero-order valence-corrected chi connectivity index (χ0v) is 11.7. The fourth-order valence-corrected chi connectivity index (χ4v) is 2.13. The molecular formula is C14H8F3IO. The molecule has 1 aliphatic carbocycles. The Morgan fingerprint density at radius 3 is 2.79 bits per heavy atom. The average Bonchev–Trinajstić information content (AvgIpc) is 2.52. The number of rotatable bonds is 2. The maximum Gasteiger partial charge on any atom is 0.573 e. The van der Waals surface area contributed by atoms with E-state index in [0.717, 1.165) is 9.15 Å². The third-order valence-electron chi connectivity index (χ3n) is 2.32. The van der Waals surface area contributed by atoms with Gasteiger partial charge in [-0.25, -0.2) is 0 Å². The number of ether oxygens (including phenoxy) is 1. The largest absolute Gasteiger partial charge is 0.573 e. The Hall–Kier alpha value is -1.42. The zero-order chi connectivity index (χ0) is 13.9. The summed E-state index contributed by atoms with van der Waals surface area (Å²) in [5.74, 6) is 5.64. The maximum absolute atomic E-state index is 12.2. The van der Waals surface area contributed by atoms with Crippen molar-refractivity contribution in [2.45, 2.75) is 12.8 Å². The van der Waals surface area contributed by atoms with Crippen molar-refractivity contribution in [2.75, 3.05) is 0 Å². The second-order valence-electron chi connectivity index (χ2n) is 3.73. The average molecular weight is 376 g/mol.